The summed E-state index contributed by atoms with van der Waals surface area (Å²) in [6.07, 6.45) is 0.923. The van der Waals surface area contributed by atoms with Gasteiger partial charge in [0.05, 0.1) is 21.3 Å². The molecule has 34 heavy (non-hydrogen) atoms. The third-order valence-electron chi connectivity index (χ3n) is 5.54. The number of halogens is 2. The van der Waals surface area contributed by atoms with Gasteiger partial charge in [-0.2, -0.15) is 0 Å². The molecule has 1 saturated heterocycles. The highest BCUT2D eigenvalue weighted by Crippen LogP contribution is 2.32. The van der Waals surface area contributed by atoms with Crippen LogP contribution < -0.4 is 14.8 Å². The molecule has 9 heteroatoms. The molecule has 1 aliphatic heterocycles. The van der Waals surface area contributed by atoms with Crippen LogP contribution in [0.2, 0.25) is 10.0 Å². The lowest BCUT2D eigenvalue weighted by atomic mass is 10.1. The number of rotatable bonds is 9. The summed E-state index contributed by atoms with van der Waals surface area (Å²) in [4.78, 5) is 25.9. The fraction of sp³-hybridized carbons (Fsp3) is 0.440. The first-order chi connectivity index (χ1) is 16.1. The molecular weight excluding hydrogens is 479 g/mol. The Morgan fingerprint density at radius 2 is 1.85 bits per heavy atom. The van der Waals surface area contributed by atoms with E-state index in [1.807, 2.05) is 6.92 Å². The molecule has 184 valence electrons. The molecule has 0 radical (unpaired) electrons. The van der Waals surface area contributed by atoms with Crippen LogP contribution in [0.1, 0.15) is 42.6 Å². The highest BCUT2D eigenvalue weighted by atomic mass is 35.5. The molecule has 1 amide bonds. The van der Waals surface area contributed by atoms with Gasteiger partial charge in [-0.1, -0.05) is 23.2 Å². The number of piperidine rings is 1. The quantitative estimate of drug-likeness (QED) is 0.475. The molecule has 0 aromatic heterocycles. The Morgan fingerprint density at radius 1 is 1.15 bits per heavy atom. The highest BCUT2D eigenvalue weighted by Gasteiger charge is 2.23. The predicted octanol–water partition coefficient (Wildman–Crippen LogP) is 4.75. The standard InChI is InChI=1S/C25H30Cl2N2O5/c1-15-10-21(16(2)30)25(24(11-15)28-17(3)31)33-14-18(32)13-29-8-6-19(7-9-29)34-20-4-5-22(26)23(27)12-20/h4-5,10-12,18-19,32H,6-9,13-14H2,1-3H3,(H,28,31). The molecule has 1 aliphatic rings. The number of nitrogens with zero attached hydrogens (tertiary/aromatic N) is 1. The average molecular weight is 509 g/mol. The van der Waals surface area contributed by atoms with E-state index >= 15 is 0 Å². The Bertz CT molecular complexity index is 1040. The number of carbonyl (C=O) groups is 2. The normalized spacial score (nSPS) is 15.6. The minimum atomic E-state index is -0.765. The number of aryl methyl sites for hydroxylation is 1. The summed E-state index contributed by atoms with van der Waals surface area (Å²) >= 11 is 12.0. The molecule has 2 aromatic rings. The smallest absolute Gasteiger partial charge is 0.221 e. The van der Waals surface area contributed by atoms with E-state index in [-0.39, 0.29) is 30.2 Å². The van der Waals surface area contributed by atoms with Crippen LogP contribution in [0.4, 0.5) is 5.69 Å². The topological polar surface area (TPSA) is 88.1 Å². The Labute approximate surface area is 209 Å². The molecule has 1 atom stereocenters. The molecule has 0 aliphatic carbocycles. The zero-order valence-corrected chi connectivity index (χ0v) is 21.1. The maximum absolute atomic E-state index is 12.1. The van der Waals surface area contributed by atoms with E-state index in [1.54, 1.807) is 30.3 Å². The molecular formula is C25H30Cl2N2O5. The van der Waals surface area contributed by atoms with E-state index in [0.717, 1.165) is 31.5 Å². The lowest BCUT2D eigenvalue weighted by molar-refractivity contribution is -0.114. The summed E-state index contributed by atoms with van der Waals surface area (Å²) in [7, 11) is 0. The van der Waals surface area contributed by atoms with Gasteiger partial charge < -0.3 is 24.8 Å². The first-order valence-corrected chi connectivity index (χ1v) is 12.0. The van der Waals surface area contributed by atoms with E-state index < -0.39 is 6.10 Å². The van der Waals surface area contributed by atoms with Crippen LogP contribution in [0.25, 0.3) is 0 Å². The van der Waals surface area contributed by atoms with Crippen LogP contribution in [0, 0.1) is 6.92 Å². The molecule has 1 heterocycles. The number of ether oxygens (including phenoxy) is 2. The van der Waals surface area contributed by atoms with Gasteiger partial charge in [-0.3, -0.25) is 9.59 Å². The van der Waals surface area contributed by atoms with E-state index in [0.29, 0.717) is 33.6 Å². The van der Waals surface area contributed by atoms with Crippen LogP contribution in [-0.4, -0.2) is 60.1 Å². The van der Waals surface area contributed by atoms with E-state index in [9.17, 15) is 14.7 Å². The van der Waals surface area contributed by atoms with Crippen molar-refractivity contribution in [3.8, 4) is 11.5 Å². The Kier molecular flexibility index (Phi) is 9.19. The van der Waals surface area contributed by atoms with Gasteiger partial charge in [-0.15, -0.1) is 0 Å². The van der Waals surface area contributed by atoms with Crippen molar-refractivity contribution in [2.45, 2.75) is 45.8 Å². The van der Waals surface area contributed by atoms with E-state index in [2.05, 4.69) is 10.2 Å². The second-order valence-electron chi connectivity index (χ2n) is 8.59. The number of hydrogen-bond donors (Lipinski definition) is 2. The molecule has 0 spiro atoms. The third-order valence-corrected chi connectivity index (χ3v) is 6.28. The number of Topliss-reactive ketones (excluding diaryl/α,β-unsaturated/α-hetero) is 1. The number of nitrogens with one attached hydrogen (secondary N) is 1. The van der Waals surface area contributed by atoms with Crippen LogP contribution in [0.5, 0.6) is 11.5 Å². The third kappa shape index (κ3) is 7.34. The number of ketones is 1. The lowest BCUT2D eigenvalue weighted by Gasteiger charge is -2.33. The molecule has 0 bridgehead atoms. The summed E-state index contributed by atoms with van der Waals surface area (Å²) < 4.78 is 11.9. The monoisotopic (exact) mass is 508 g/mol. The van der Waals surface area contributed by atoms with Gasteiger partial charge in [0.25, 0.3) is 0 Å². The number of aliphatic hydroxyl groups excluding tert-OH is 1. The van der Waals surface area contributed by atoms with Crippen molar-refractivity contribution in [2.24, 2.45) is 0 Å². The van der Waals surface area contributed by atoms with Crippen LogP contribution >= 0.6 is 23.2 Å². The van der Waals surface area contributed by atoms with Gasteiger partial charge in [0.15, 0.2) is 11.5 Å². The summed E-state index contributed by atoms with van der Waals surface area (Å²) in [6.45, 7) is 6.63. The van der Waals surface area contributed by atoms with Crippen molar-refractivity contribution in [3.63, 3.8) is 0 Å². The largest absolute Gasteiger partial charge is 0.490 e. The first-order valence-electron chi connectivity index (χ1n) is 11.2. The van der Waals surface area contributed by atoms with E-state index in [1.165, 1.54) is 13.8 Å². The van der Waals surface area contributed by atoms with Crippen molar-refractivity contribution in [2.75, 3.05) is 31.6 Å². The molecule has 2 aromatic carbocycles. The van der Waals surface area contributed by atoms with Crippen LogP contribution in [0.3, 0.4) is 0 Å². The van der Waals surface area contributed by atoms with Gasteiger partial charge in [-0.05, 0) is 56.5 Å². The minimum absolute atomic E-state index is 0.00434. The maximum atomic E-state index is 12.1. The van der Waals surface area contributed by atoms with Gasteiger partial charge in [-0.25, -0.2) is 0 Å². The van der Waals surface area contributed by atoms with Crippen molar-refractivity contribution >= 4 is 40.6 Å². The minimum Gasteiger partial charge on any atom is -0.490 e. The van der Waals surface area contributed by atoms with Gasteiger partial charge in [0.1, 0.15) is 24.6 Å². The number of aliphatic hydroxyl groups is 1. The predicted molar refractivity (Wildman–Crippen MR) is 134 cm³/mol. The van der Waals surface area contributed by atoms with Gasteiger partial charge in [0, 0.05) is 32.6 Å². The summed E-state index contributed by atoms with van der Waals surface area (Å²) in [5.74, 6) is 0.525. The fourth-order valence-corrected chi connectivity index (χ4v) is 4.24. The SMILES string of the molecule is CC(=O)Nc1cc(C)cc(C(C)=O)c1OCC(O)CN1CCC(Oc2ccc(Cl)c(Cl)c2)CC1. The van der Waals surface area contributed by atoms with Crippen molar-refractivity contribution in [1.82, 2.24) is 4.90 Å². The highest BCUT2D eigenvalue weighted by molar-refractivity contribution is 6.42. The molecule has 1 unspecified atom stereocenters. The second-order valence-corrected chi connectivity index (χ2v) is 9.40. The van der Waals surface area contributed by atoms with Crippen LogP contribution in [-0.2, 0) is 4.79 Å². The van der Waals surface area contributed by atoms with Gasteiger partial charge >= 0.3 is 0 Å². The van der Waals surface area contributed by atoms with Crippen molar-refractivity contribution < 1.29 is 24.2 Å². The Hall–Kier alpha value is -2.32. The van der Waals surface area contributed by atoms with E-state index in [4.69, 9.17) is 32.7 Å². The molecule has 7 nitrogen and oxygen atoms in total. The number of carbonyl (C=O) groups excluding carboxylic acids is 2. The summed E-state index contributed by atoms with van der Waals surface area (Å²) in [6, 6.07) is 8.69. The Morgan fingerprint density at radius 3 is 2.47 bits per heavy atom. The molecule has 3 rings (SSSR count). The zero-order valence-electron chi connectivity index (χ0n) is 19.6. The number of anilines is 1. The molecule has 2 N–H and O–H groups in total. The summed E-state index contributed by atoms with van der Waals surface area (Å²) in [5, 5.41) is 14.2. The zero-order chi connectivity index (χ0) is 24.8. The van der Waals surface area contributed by atoms with Crippen molar-refractivity contribution in [1.29, 1.82) is 0 Å². The Balaban J connectivity index is 1.53. The molecule has 1 fully saturated rings. The van der Waals surface area contributed by atoms with Crippen LogP contribution in [0.15, 0.2) is 30.3 Å². The van der Waals surface area contributed by atoms with Gasteiger partial charge in [0.2, 0.25) is 5.91 Å². The lowest BCUT2D eigenvalue weighted by Crippen LogP contribution is -2.43. The number of likely N-dealkylation sites (tertiary alicyclic amines) is 1. The number of amides is 1. The summed E-state index contributed by atoms with van der Waals surface area (Å²) in [5.41, 5.74) is 1.62. The average Bonchev–Trinajstić information content (AvgIpc) is 2.76. The van der Waals surface area contributed by atoms with Crippen molar-refractivity contribution in [3.05, 3.63) is 51.5 Å². The molecule has 0 saturated carbocycles. The number of benzene rings is 2. The maximum Gasteiger partial charge on any atom is 0.221 e. The number of hydrogen-bond acceptors (Lipinski definition) is 6. The first kappa shape index (κ1) is 26.3. The second kappa shape index (κ2) is 11.9. The fourth-order valence-electron chi connectivity index (χ4n) is 3.96. The number of β-amino-alcohol motifs (C(OH)–C–C–N with tert-alkyl or cyclic N) is 1.